The van der Waals surface area contributed by atoms with E-state index in [1.54, 1.807) is 4.57 Å². The van der Waals surface area contributed by atoms with Gasteiger partial charge in [-0.05, 0) is 36.3 Å². The summed E-state index contributed by atoms with van der Waals surface area (Å²) in [6.45, 7) is 2.18. The fraction of sp³-hybridized carbons (Fsp3) is 0.400. The number of anilines is 1. The normalized spacial score (nSPS) is 22.3. The molecule has 2 aromatic rings. The van der Waals surface area contributed by atoms with Crippen molar-refractivity contribution in [3.8, 4) is 0 Å². The van der Waals surface area contributed by atoms with E-state index in [4.69, 9.17) is 5.73 Å². The number of hydrogen-bond donors (Lipinski definition) is 1. The van der Waals surface area contributed by atoms with Gasteiger partial charge < -0.3 is 5.73 Å². The van der Waals surface area contributed by atoms with Crippen LogP contribution in [0.3, 0.4) is 0 Å². The Labute approximate surface area is 106 Å². The molecule has 1 fully saturated rings. The molecule has 1 aromatic carbocycles. The lowest BCUT2D eigenvalue weighted by Gasteiger charge is -2.11. The molecule has 3 heteroatoms. The molecule has 3 rings (SSSR count). The molecule has 0 aliphatic heterocycles. The molecule has 2 atom stereocenters. The molecule has 1 aromatic heterocycles. The zero-order valence-electron chi connectivity index (χ0n) is 10.6. The van der Waals surface area contributed by atoms with E-state index >= 15 is 0 Å². The molecule has 0 amide bonds. The predicted octanol–water partition coefficient (Wildman–Crippen LogP) is 2.94. The molecule has 0 saturated heterocycles. The Kier molecular flexibility index (Phi) is 2.62. The first-order valence-corrected chi connectivity index (χ1v) is 6.62. The quantitative estimate of drug-likeness (QED) is 0.899. The van der Waals surface area contributed by atoms with E-state index in [-0.39, 0.29) is 5.56 Å². The summed E-state index contributed by atoms with van der Waals surface area (Å²) in [7, 11) is 0. The van der Waals surface area contributed by atoms with Crippen LogP contribution in [0.25, 0.3) is 10.8 Å². The molecule has 18 heavy (non-hydrogen) atoms. The van der Waals surface area contributed by atoms with Gasteiger partial charge in [-0.1, -0.05) is 31.5 Å². The van der Waals surface area contributed by atoms with Crippen LogP contribution in [0.15, 0.2) is 35.1 Å². The van der Waals surface area contributed by atoms with Crippen LogP contribution in [-0.2, 0) is 0 Å². The summed E-state index contributed by atoms with van der Waals surface area (Å²) in [6, 6.07) is 9.89. The molecule has 2 N–H and O–H groups in total. The van der Waals surface area contributed by atoms with E-state index in [0.717, 1.165) is 17.2 Å². The zero-order valence-corrected chi connectivity index (χ0v) is 10.6. The minimum absolute atomic E-state index is 0.0641. The van der Waals surface area contributed by atoms with E-state index < -0.39 is 0 Å². The highest BCUT2D eigenvalue weighted by Crippen LogP contribution is 2.46. The molecule has 1 aliphatic carbocycles. The smallest absolute Gasteiger partial charge is 0.260 e. The number of fused-ring (bicyclic) bond motifs is 1. The lowest BCUT2D eigenvalue weighted by molar-refractivity contribution is 0.603. The second-order valence-electron chi connectivity index (χ2n) is 5.18. The topological polar surface area (TPSA) is 48.0 Å². The minimum Gasteiger partial charge on any atom is -0.385 e. The highest BCUT2D eigenvalue weighted by molar-refractivity contribution is 5.83. The van der Waals surface area contributed by atoms with Gasteiger partial charge in [-0.3, -0.25) is 9.36 Å². The third-order valence-corrected chi connectivity index (χ3v) is 3.87. The first-order chi connectivity index (χ1) is 8.72. The molecule has 0 radical (unpaired) electrons. The van der Waals surface area contributed by atoms with Crippen LogP contribution >= 0.6 is 0 Å². The number of aromatic nitrogens is 1. The third kappa shape index (κ3) is 1.70. The fourth-order valence-electron chi connectivity index (χ4n) is 2.86. The average molecular weight is 242 g/mol. The van der Waals surface area contributed by atoms with E-state index in [1.165, 1.54) is 12.8 Å². The van der Waals surface area contributed by atoms with Crippen LogP contribution in [0.4, 0.5) is 5.82 Å². The number of nitrogen functional groups attached to an aromatic ring is 1. The van der Waals surface area contributed by atoms with Crippen molar-refractivity contribution in [1.82, 2.24) is 4.57 Å². The van der Waals surface area contributed by atoms with Crippen molar-refractivity contribution >= 4 is 16.6 Å². The Morgan fingerprint density at radius 2 is 2.17 bits per heavy atom. The first-order valence-electron chi connectivity index (χ1n) is 6.62. The summed E-state index contributed by atoms with van der Waals surface area (Å²) in [5.41, 5.74) is 6.11. The standard InChI is InChI=1S/C15H18N2O/c1-2-5-11-8-13(11)17-14(16)9-10-6-3-4-7-12(10)15(17)18/h3-4,6-7,9,11,13H,2,5,8,16H2,1H3. The Morgan fingerprint density at radius 3 is 2.94 bits per heavy atom. The highest BCUT2D eigenvalue weighted by Gasteiger charge is 2.39. The van der Waals surface area contributed by atoms with Gasteiger partial charge in [0.05, 0.1) is 0 Å². The van der Waals surface area contributed by atoms with Crippen LogP contribution in [0.5, 0.6) is 0 Å². The molecule has 1 heterocycles. The molecular formula is C15H18N2O. The molecule has 0 bridgehead atoms. The van der Waals surface area contributed by atoms with Gasteiger partial charge in [-0.2, -0.15) is 0 Å². The van der Waals surface area contributed by atoms with Crippen molar-refractivity contribution in [1.29, 1.82) is 0 Å². The Morgan fingerprint density at radius 1 is 1.39 bits per heavy atom. The van der Waals surface area contributed by atoms with Crippen LogP contribution < -0.4 is 11.3 Å². The average Bonchev–Trinajstić information content (AvgIpc) is 3.09. The molecule has 3 nitrogen and oxygen atoms in total. The van der Waals surface area contributed by atoms with E-state index in [9.17, 15) is 4.79 Å². The van der Waals surface area contributed by atoms with Gasteiger partial charge in [-0.25, -0.2) is 0 Å². The van der Waals surface area contributed by atoms with Gasteiger partial charge in [0, 0.05) is 11.4 Å². The van der Waals surface area contributed by atoms with Gasteiger partial charge in [-0.15, -0.1) is 0 Å². The molecular weight excluding hydrogens is 224 g/mol. The number of hydrogen-bond acceptors (Lipinski definition) is 2. The summed E-state index contributed by atoms with van der Waals surface area (Å²) in [6.07, 6.45) is 3.45. The minimum atomic E-state index is 0.0641. The van der Waals surface area contributed by atoms with Crippen molar-refractivity contribution in [3.05, 3.63) is 40.7 Å². The lowest BCUT2D eigenvalue weighted by atomic mass is 10.1. The van der Waals surface area contributed by atoms with Gasteiger partial charge in [0.1, 0.15) is 5.82 Å². The Hall–Kier alpha value is -1.77. The number of rotatable bonds is 3. The number of nitrogens with zero attached hydrogens (tertiary/aromatic N) is 1. The van der Waals surface area contributed by atoms with E-state index in [1.807, 2.05) is 30.3 Å². The molecule has 1 saturated carbocycles. The third-order valence-electron chi connectivity index (χ3n) is 3.87. The van der Waals surface area contributed by atoms with Gasteiger partial charge >= 0.3 is 0 Å². The van der Waals surface area contributed by atoms with Crippen molar-refractivity contribution in [3.63, 3.8) is 0 Å². The lowest BCUT2D eigenvalue weighted by Crippen LogP contribution is -2.22. The van der Waals surface area contributed by atoms with Crippen molar-refractivity contribution in [2.75, 3.05) is 5.73 Å². The second-order valence-corrected chi connectivity index (χ2v) is 5.18. The SMILES string of the molecule is CCCC1CC1n1c(N)cc2ccccc2c1=O. The maximum absolute atomic E-state index is 12.5. The van der Waals surface area contributed by atoms with Gasteiger partial charge in [0.2, 0.25) is 0 Å². The molecule has 0 spiro atoms. The van der Waals surface area contributed by atoms with E-state index in [0.29, 0.717) is 17.8 Å². The predicted molar refractivity (Wildman–Crippen MR) is 74.7 cm³/mol. The summed E-state index contributed by atoms with van der Waals surface area (Å²) < 4.78 is 1.79. The van der Waals surface area contributed by atoms with Crippen LogP contribution in [0.2, 0.25) is 0 Å². The summed E-state index contributed by atoms with van der Waals surface area (Å²) in [5.74, 6) is 1.23. The van der Waals surface area contributed by atoms with Crippen molar-refractivity contribution in [2.45, 2.75) is 32.2 Å². The Bertz CT molecular complexity index is 644. The molecule has 1 aliphatic rings. The largest absolute Gasteiger partial charge is 0.385 e. The number of nitrogens with two attached hydrogens (primary N) is 1. The van der Waals surface area contributed by atoms with Crippen molar-refractivity contribution in [2.24, 2.45) is 5.92 Å². The Balaban J connectivity index is 2.10. The molecule has 2 unspecified atom stereocenters. The number of benzene rings is 1. The summed E-state index contributed by atoms with van der Waals surface area (Å²) in [5, 5.41) is 1.71. The van der Waals surface area contributed by atoms with Crippen LogP contribution in [-0.4, -0.2) is 4.57 Å². The maximum Gasteiger partial charge on any atom is 0.260 e. The monoisotopic (exact) mass is 242 g/mol. The number of pyridine rings is 1. The summed E-state index contributed by atoms with van der Waals surface area (Å²) >= 11 is 0. The highest BCUT2D eigenvalue weighted by atomic mass is 16.1. The van der Waals surface area contributed by atoms with Gasteiger partial charge in [0.25, 0.3) is 5.56 Å². The summed E-state index contributed by atoms with van der Waals surface area (Å²) in [4.78, 5) is 12.5. The van der Waals surface area contributed by atoms with E-state index in [2.05, 4.69) is 6.92 Å². The van der Waals surface area contributed by atoms with Crippen molar-refractivity contribution < 1.29 is 0 Å². The zero-order chi connectivity index (χ0) is 12.7. The molecule has 94 valence electrons. The van der Waals surface area contributed by atoms with Crippen LogP contribution in [0, 0.1) is 5.92 Å². The first kappa shape index (κ1) is 11.3. The van der Waals surface area contributed by atoms with Crippen LogP contribution in [0.1, 0.15) is 32.2 Å². The fourth-order valence-corrected chi connectivity index (χ4v) is 2.86. The maximum atomic E-state index is 12.5. The second kappa shape index (κ2) is 4.16. The van der Waals surface area contributed by atoms with Gasteiger partial charge in [0.15, 0.2) is 0 Å².